The highest BCUT2D eigenvalue weighted by Crippen LogP contribution is 2.40. The second kappa shape index (κ2) is 10.8. The average molecular weight is 637 g/mol. The summed E-state index contributed by atoms with van der Waals surface area (Å²) in [5.74, 6) is 2.40. The van der Waals surface area contributed by atoms with Crippen molar-refractivity contribution in [1.29, 1.82) is 0 Å². The van der Waals surface area contributed by atoms with E-state index in [-0.39, 0.29) is 5.41 Å². The number of imidazole rings is 1. The first-order valence-electron chi connectivity index (χ1n) is 16.8. The molecule has 0 aliphatic heterocycles. The third-order valence-corrected chi connectivity index (χ3v) is 9.89. The molecule has 49 heavy (non-hydrogen) atoms. The van der Waals surface area contributed by atoms with Gasteiger partial charge in [0.25, 0.3) is 0 Å². The van der Waals surface area contributed by atoms with Gasteiger partial charge >= 0.3 is 0 Å². The fourth-order valence-electron chi connectivity index (χ4n) is 7.48. The lowest BCUT2D eigenvalue weighted by molar-refractivity contribution is 0.484. The Morgan fingerprint density at radius 3 is 2.04 bits per heavy atom. The first-order chi connectivity index (χ1) is 23.8. The van der Waals surface area contributed by atoms with E-state index in [1.807, 2.05) is 30.6 Å². The van der Waals surface area contributed by atoms with Crippen molar-refractivity contribution >= 4 is 49.1 Å². The number of hydrogen-bond acceptors (Lipinski definition) is 3. The van der Waals surface area contributed by atoms with Crippen molar-refractivity contribution in [2.24, 2.45) is 0 Å². The lowest BCUT2D eigenvalue weighted by atomic mass is 9.86. The van der Waals surface area contributed by atoms with Gasteiger partial charge in [-0.15, -0.1) is 0 Å². The Balaban J connectivity index is 1.24. The van der Waals surface area contributed by atoms with Crippen molar-refractivity contribution < 1.29 is 4.74 Å². The van der Waals surface area contributed by atoms with Gasteiger partial charge in [-0.05, 0) is 95.9 Å². The molecule has 0 radical (unpaired) electrons. The molecule has 5 heteroatoms. The van der Waals surface area contributed by atoms with E-state index >= 15 is 0 Å². The third-order valence-electron chi connectivity index (χ3n) is 9.89. The summed E-state index contributed by atoms with van der Waals surface area (Å²) < 4.78 is 11.2. The summed E-state index contributed by atoms with van der Waals surface area (Å²) in [5, 5.41) is 5.73. The quantitative estimate of drug-likeness (QED) is 0.181. The summed E-state index contributed by atoms with van der Waals surface area (Å²) in [6, 6.07) is 40.6. The summed E-state index contributed by atoms with van der Waals surface area (Å²) in [6.45, 7) is 11.2. The van der Waals surface area contributed by atoms with Gasteiger partial charge in [-0.1, -0.05) is 75.4 Å². The van der Waals surface area contributed by atoms with Crippen LogP contribution in [0.15, 0.2) is 128 Å². The molecule has 5 aromatic carbocycles. The largest absolute Gasteiger partial charge is 0.457 e. The Labute approximate surface area is 285 Å². The summed E-state index contributed by atoms with van der Waals surface area (Å²) in [6.07, 6.45) is 3.87. The van der Waals surface area contributed by atoms with Gasteiger partial charge in [0.05, 0.1) is 28.4 Å². The van der Waals surface area contributed by atoms with Gasteiger partial charge in [-0.2, -0.15) is 0 Å². The number of aromatic nitrogens is 4. The number of fused-ring (bicyclic) bond motifs is 9. The van der Waals surface area contributed by atoms with Crippen LogP contribution < -0.4 is 4.74 Å². The van der Waals surface area contributed by atoms with Crippen molar-refractivity contribution in [3.8, 4) is 28.6 Å². The fourth-order valence-corrected chi connectivity index (χ4v) is 7.48. The van der Waals surface area contributed by atoms with Crippen LogP contribution in [0.5, 0.6) is 11.5 Å². The van der Waals surface area contributed by atoms with Crippen LogP contribution >= 0.6 is 0 Å². The van der Waals surface area contributed by atoms with Crippen LogP contribution in [-0.4, -0.2) is 18.9 Å². The van der Waals surface area contributed by atoms with Gasteiger partial charge in [0.2, 0.25) is 0 Å². The van der Waals surface area contributed by atoms with Crippen LogP contribution in [0.1, 0.15) is 37.5 Å². The van der Waals surface area contributed by atoms with Gasteiger partial charge in [0, 0.05) is 39.4 Å². The predicted octanol–water partition coefficient (Wildman–Crippen LogP) is 11.5. The van der Waals surface area contributed by atoms with Gasteiger partial charge in [0.15, 0.2) is 0 Å². The summed E-state index contributed by atoms with van der Waals surface area (Å²) in [4.78, 5) is 9.79. The Bertz CT molecular complexity index is 2730. The maximum Gasteiger partial charge on any atom is 0.145 e. The van der Waals surface area contributed by atoms with Crippen LogP contribution in [0.3, 0.4) is 0 Å². The first-order valence-corrected chi connectivity index (χ1v) is 16.8. The molecule has 0 atom stereocenters. The van der Waals surface area contributed by atoms with Crippen molar-refractivity contribution in [3.05, 3.63) is 144 Å². The van der Waals surface area contributed by atoms with Crippen LogP contribution in [0, 0.1) is 13.8 Å². The minimum atomic E-state index is 0.00980. The van der Waals surface area contributed by atoms with Crippen molar-refractivity contribution in [2.45, 2.75) is 40.0 Å². The number of aryl methyl sites for hydroxylation is 2. The zero-order chi connectivity index (χ0) is 33.4. The standard InChI is InChI=1S/C44H36N4O/c1-27-11-10-12-28(2)42(27)40-26-46-43-36-24-30(17-20-32(36)34-19-16-29(44(3,4)5)23-38(34)48(40)43)49-31-18-21-35-33-13-6-7-14-37(33)47(39(35)25-31)41-15-8-9-22-45-41/h6-26H,1-5H3. The molecule has 0 spiro atoms. The molecule has 238 valence electrons. The summed E-state index contributed by atoms with van der Waals surface area (Å²) >= 11 is 0. The zero-order valence-electron chi connectivity index (χ0n) is 28.3. The van der Waals surface area contributed by atoms with E-state index in [2.05, 4.69) is 146 Å². The maximum absolute atomic E-state index is 6.67. The zero-order valence-corrected chi connectivity index (χ0v) is 28.3. The number of hydrogen-bond donors (Lipinski definition) is 0. The number of nitrogens with zero attached hydrogens (tertiary/aromatic N) is 4. The Morgan fingerprint density at radius 1 is 0.571 bits per heavy atom. The van der Waals surface area contributed by atoms with E-state index in [9.17, 15) is 0 Å². The smallest absolute Gasteiger partial charge is 0.145 e. The van der Waals surface area contributed by atoms with E-state index in [1.165, 1.54) is 33.0 Å². The predicted molar refractivity (Wildman–Crippen MR) is 202 cm³/mol. The second-order valence-electron chi connectivity index (χ2n) is 14.1. The summed E-state index contributed by atoms with van der Waals surface area (Å²) in [5.41, 5.74) is 10.3. The van der Waals surface area contributed by atoms with Crippen LogP contribution in [-0.2, 0) is 5.41 Å². The highest BCUT2D eigenvalue weighted by atomic mass is 16.5. The van der Waals surface area contributed by atoms with Gasteiger partial charge in [-0.3, -0.25) is 8.97 Å². The SMILES string of the molecule is Cc1cccc(C)c1-c1cnc2c3cc(Oc4ccc5c6ccccc6n(-c6ccccn6)c5c4)ccc3c3ccc(C(C)(C)C)cc3n12. The molecule has 0 amide bonds. The normalized spacial score (nSPS) is 12.2. The first kappa shape index (κ1) is 29.2. The monoisotopic (exact) mass is 636 g/mol. The molecule has 0 aliphatic rings. The average Bonchev–Trinajstić information content (AvgIpc) is 3.68. The number of rotatable bonds is 4. The molecule has 0 aliphatic carbocycles. The lowest BCUT2D eigenvalue weighted by Crippen LogP contribution is -2.11. The van der Waals surface area contributed by atoms with Crippen LogP contribution in [0.2, 0.25) is 0 Å². The van der Waals surface area contributed by atoms with Crippen LogP contribution in [0.4, 0.5) is 0 Å². The molecule has 5 nitrogen and oxygen atoms in total. The molecular formula is C44H36N4O. The molecule has 4 heterocycles. The molecule has 0 N–H and O–H groups in total. The molecule has 0 bridgehead atoms. The minimum absolute atomic E-state index is 0.00980. The van der Waals surface area contributed by atoms with Crippen LogP contribution in [0.25, 0.3) is 66.2 Å². The lowest BCUT2D eigenvalue weighted by Gasteiger charge is -2.21. The molecule has 0 fully saturated rings. The van der Waals surface area contributed by atoms with Gasteiger partial charge in [0.1, 0.15) is 23.0 Å². The Kier molecular flexibility index (Phi) is 6.44. The maximum atomic E-state index is 6.67. The molecule has 9 aromatic rings. The molecule has 9 rings (SSSR count). The van der Waals surface area contributed by atoms with E-state index in [4.69, 9.17) is 9.72 Å². The number of ether oxygens (including phenoxy) is 1. The molecule has 0 unspecified atom stereocenters. The van der Waals surface area contributed by atoms with Gasteiger partial charge < -0.3 is 4.74 Å². The molecule has 4 aromatic heterocycles. The number of pyridine rings is 2. The van der Waals surface area contributed by atoms with Crippen molar-refractivity contribution in [1.82, 2.24) is 18.9 Å². The molecule has 0 saturated heterocycles. The Morgan fingerprint density at radius 2 is 1.27 bits per heavy atom. The minimum Gasteiger partial charge on any atom is -0.457 e. The molecule has 0 saturated carbocycles. The second-order valence-corrected chi connectivity index (χ2v) is 14.1. The van der Waals surface area contributed by atoms with Crippen molar-refractivity contribution in [3.63, 3.8) is 0 Å². The van der Waals surface area contributed by atoms with Gasteiger partial charge in [-0.25, -0.2) is 9.97 Å². The van der Waals surface area contributed by atoms with E-state index in [0.29, 0.717) is 0 Å². The van der Waals surface area contributed by atoms with E-state index in [1.54, 1.807) is 0 Å². The third kappa shape index (κ3) is 4.61. The topological polar surface area (TPSA) is 44.3 Å². The molecular weight excluding hydrogens is 601 g/mol. The number of benzene rings is 5. The highest BCUT2D eigenvalue weighted by molar-refractivity contribution is 6.13. The van der Waals surface area contributed by atoms with E-state index < -0.39 is 0 Å². The highest BCUT2D eigenvalue weighted by Gasteiger charge is 2.21. The fraction of sp³-hybridized carbons (Fsp3) is 0.136. The summed E-state index contributed by atoms with van der Waals surface area (Å²) in [7, 11) is 0. The van der Waals surface area contributed by atoms with Crippen molar-refractivity contribution in [2.75, 3.05) is 0 Å². The Hall–Kier alpha value is -5.94. The number of para-hydroxylation sites is 1. The van der Waals surface area contributed by atoms with E-state index in [0.717, 1.165) is 61.4 Å².